The van der Waals surface area contributed by atoms with Gasteiger partial charge >= 0.3 is 5.97 Å². The van der Waals surface area contributed by atoms with Crippen molar-refractivity contribution in [2.24, 2.45) is 16.8 Å². The molecule has 0 spiro atoms. The normalized spacial score (nSPS) is 21.5. The maximum atomic E-state index is 11.9. The predicted molar refractivity (Wildman–Crippen MR) is 122 cm³/mol. The van der Waals surface area contributed by atoms with Crippen LogP contribution in [0, 0.1) is 11.8 Å². The number of aliphatic imine (C=N–C) groups is 1. The molecule has 0 aromatic rings. The third-order valence-corrected chi connectivity index (χ3v) is 5.70. The van der Waals surface area contributed by atoms with Crippen LogP contribution >= 0.6 is 24.0 Å². The standard InChI is InChI=1S/C20H38N4O2.HI/c1-5-21-20(22-15-17(4)23-11-7-16(3)8-12-23)24-13-9-18(10-14-24)19(25)26-6-2;/h16-18H,5-15H2,1-4H3,(H,21,22);1H. The number of ether oxygens (including phenoxy) is 1. The Morgan fingerprint density at radius 2 is 1.78 bits per heavy atom. The lowest BCUT2D eigenvalue weighted by atomic mass is 9.97. The molecule has 158 valence electrons. The highest BCUT2D eigenvalue weighted by atomic mass is 127. The van der Waals surface area contributed by atoms with Gasteiger partial charge in [0, 0.05) is 25.7 Å². The monoisotopic (exact) mass is 494 g/mol. The SMILES string of the molecule is CCNC(=NCC(C)N1CCC(C)CC1)N1CCC(C(=O)OCC)CC1.I. The lowest BCUT2D eigenvalue weighted by Crippen LogP contribution is -2.47. The fourth-order valence-electron chi connectivity index (χ4n) is 3.82. The van der Waals surface area contributed by atoms with Crippen LogP contribution in [0.3, 0.4) is 0 Å². The summed E-state index contributed by atoms with van der Waals surface area (Å²) in [6.45, 7) is 14.9. The molecule has 0 bridgehead atoms. The van der Waals surface area contributed by atoms with Crippen molar-refractivity contribution >= 4 is 35.9 Å². The molecule has 0 radical (unpaired) electrons. The molecular weight excluding hydrogens is 455 g/mol. The van der Waals surface area contributed by atoms with Crippen LogP contribution in [-0.4, -0.2) is 73.6 Å². The Bertz CT molecular complexity index is 459. The number of nitrogens with one attached hydrogen (secondary N) is 1. The topological polar surface area (TPSA) is 57.2 Å². The summed E-state index contributed by atoms with van der Waals surface area (Å²) in [5.74, 6) is 1.86. The third-order valence-electron chi connectivity index (χ3n) is 5.70. The Kier molecular flexibility index (Phi) is 11.6. The van der Waals surface area contributed by atoms with Gasteiger partial charge in [0.15, 0.2) is 5.96 Å². The number of rotatable bonds is 6. The second-order valence-electron chi connectivity index (χ2n) is 7.78. The van der Waals surface area contributed by atoms with Gasteiger partial charge in [-0.15, -0.1) is 24.0 Å². The molecule has 1 N–H and O–H groups in total. The van der Waals surface area contributed by atoms with Crippen LogP contribution < -0.4 is 5.32 Å². The summed E-state index contributed by atoms with van der Waals surface area (Å²) in [5, 5.41) is 3.43. The van der Waals surface area contributed by atoms with E-state index in [9.17, 15) is 4.79 Å². The molecule has 2 saturated heterocycles. The molecule has 6 nitrogen and oxygen atoms in total. The van der Waals surface area contributed by atoms with Crippen molar-refractivity contribution in [1.82, 2.24) is 15.1 Å². The number of piperidine rings is 2. The maximum absolute atomic E-state index is 11.9. The predicted octanol–water partition coefficient (Wildman–Crippen LogP) is 2.97. The number of hydrogen-bond acceptors (Lipinski definition) is 4. The van der Waals surface area contributed by atoms with Crippen molar-refractivity contribution in [1.29, 1.82) is 0 Å². The van der Waals surface area contributed by atoms with Crippen molar-refractivity contribution in [2.45, 2.75) is 59.4 Å². The van der Waals surface area contributed by atoms with E-state index in [1.54, 1.807) is 0 Å². The average Bonchev–Trinajstić information content (AvgIpc) is 2.66. The summed E-state index contributed by atoms with van der Waals surface area (Å²) in [6, 6.07) is 0.480. The Morgan fingerprint density at radius 1 is 1.15 bits per heavy atom. The largest absolute Gasteiger partial charge is 0.466 e. The summed E-state index contributed by atoms with van der Waals surface area (Å²) in [7, 11) is 0. The number of carbonyl (C=O) groups is 1. The Labute approximate surface area is 182 Å². The van der Waals surface area contributed by atoms with Crippen LogP contribution in [0.2, 0.25) is 0 Å². The zero-order valence-electron chi connectivity index (χ0n) is 17.6. The van der Waals surface area contributed by atoms with E-state index in [1.807, 2.05) is 6.92 Å². The molecule has 27 heavy (non-hydrogen) atoms. The molecule has 2 rings (SSSR count). The van der Waals surface area contributed by atoms with Crippen molar-refractivity contribution < 1.29 is 9.53 Å². The van der Waals surface area contributed by atoms with Crippen molar-refractivity contribution in [3.05, 3.63) is 0 Å². The molecule has 0 aromatic carbocycles. The highest BCUT2D eigenvalue weighted by Crippen LogP contribution is 2.20. The summed E-state index contributed by atoms with van der Waals surface area (Å²) >= 11 is 0. The fraction of sp³-hybridized carbons (Fsp3) is 0.900. The van der Waals surface area contributed by atoms with Crippen LogP contribution in [0.15, 0.2) is 4.99 Å². The number of esters is 1. The zero-order valence-corrected chi connectivity index (χ0v) is 19.9. The Morgan fingerprint density at radius 3 is 2.33 bits per heavy atom. The molecule has 0 aliphatic carbocycles. The molecular formula is C20H39IN4O2. The fourth-order valence-corrected chi connectivity index (χ4v) is 3.82. The number of likely N-dealkylation sites (tertiary alicyclic amines) is 2. The number of nitrogens with zero attached hydrogens (tertiary/aromatic N) is 3. The number of halogens is 1. The molecule has 0 aromatic heterocycles. The number of hydrogen-bond donors (Lipinski definition) is 1. The first-order valence-electron chi connectivity index (χ1n) is 10.5. The first kappa shape index (κ1) is 24.5. The minimum atomic E-state index is -0.0398. The average molecular weight is 494 g/mol. The van der Waals surface area contributed by atoms with Gasteiger partial charge in [-0.2, -0.15) is 0 Å². The number of guanidine groups is 1. The van der Waals surface area contributed by atoms with Crippen LogP contribution in [-0.2, 0) is 9.53 Å². The quantitative estimate of drug-likeness (QED) is 0.266. The van der Waals surface area contributed by atoms with Gasteiger partial charge in [-0.3, -0.25) is 14.7 Å². The van der Waals surface area contributed by atoms with E-state index in [2.05, 4.69) is 35.9 Å². The lowest BCUT2D eigenvalue weighted by Gasteiger charge is -2.35. The van der Waals surface area contributed by atoms with Gasteiger partial charge < -0.3 is 15.0 Å². The Hall–Kier alpha value is -0.570. The molecule has 0 amide bonds. The molecule has 0 saturated carbocycles. The van der Waals surface area contributed by atoms with Crippen molar-refractivity contribution in [3.63, 3.8) is 0 Å². The highest BCUT2D eigenvalue weighted by molar-refractivity contribution is 14.0. The maximum Gasteiger partial charge on any atom is 0.309 e. The zero-order chi connectivity index (χ0) is 18.9. The second kappa shape index (κ2) is 12.8. The van der Waals surface area contributed by atoms with Gasteiger partial charge in [0.05, 0.1) is 19.1 Å². The van der Waals surface area contributed by atoms with E-state index >= 15 is 0 Å². The van der Waals surface area contributed by atoms with Crippen LogP contribution in [0.4, 0.5) is 0 Å². The van der Waals surface area contributed by atoms with Crippen LogP contribution in [0.1, 0.15) is 53.4 Å². The number of carbonyl (C=O) groups excluding carboxylic acids is 1. The molecule has 1 unspecified atom stereocenters. The first-order valence-corrected chi connectivity index (χ1v) is 10.5. The summed E-state index contributed by atoms with van der Waals surface area (Å²) in [5.41, 5.74) is 0. The smallest absolute Gasteiger partial charge is 0.309 e. The minimum absolute atomic E-state index is 0. The van der Waals surface area contributed by atoms with E-state index in [1.165, 1.54) is 25.9 Å². The lowest BCUT2D eigenvalue weighted by molar-refractivity contribution is -0.149. The third kappa shape index (κ3) is 7.75. The summed E-state index contributed by atoms with van der Waals surface area (Å²) < 4.78 is 5.17. The molecule has 7 heteroatoms. The van der Waals surface area contributed by atoms with Gasteiger partial charge in [0.2, 0.25) is 0 Å². The van der Waals surface area contributed by atoms with E-state index in [0.717, 1.165) is 50.9 Å². The van der Waals surface area contributed by atoms with Gasteiger partial charge in [-0.25, -0.2) is 0 Å². The molecule has 2 fully saturated rings. The Balaban J connectivity index is 0.00000364. The first-order chi connectivity index (χ1) is 12.5. The van der Waals surface area contributed by atoms with Gasteiger partial charge in [-0.05, 0) is 65.5 Å². The van der Waals surface area contributed by atoms with Crippen molar-refractivity contribution in [2.75, 3.05) is 45.9 Å². The molecule has 2 aliphatic heterocycles. The highest BCUT2D eigenvalue weighted by Gasteiger charge is 2.27. The van der Waals surface area contributed by atoms with E-state index in [4.69, 9.17) is 9.73 Å². The molecule has 1 atom stereocenters. The van der Waals surface area contributed by atoms with E-state index in [-0.39, 0.29) is 35.9 Å². The van der Waals surface area contributed by atoms with Crippen LogP contribution in [0.5, 0.6) is 0 Å². The molecule has 2 aliphatic rings. The minimum Gasteiger partial charge on any atom is -0.466 e. The summed E-state index contributed by atoms with van der Waals surface area (Å²) in [6.07, 6.45) is 4.30. The summed E-state index contributed by atoms with van der Waals surface area (Å²) in [4.78, 5) is 21.7. The van der Waals surface area contributed by atoms with Crippen LogP contribution in [0.25, 0.3) is 0 Å². The van der Waals surface area contributed by atoms with E-state index in [0.29, 0.717) is 12.6 Å². The van der Waals surface area contributed by atoms with Crippen molar-refractivity contribution in [3.8, 4) is 0 Å². The van der Waals surface area contributed by atoms with Gasteiger partial charge in [0.25, 0.3) is 0 Å². The molecule has 2 heterocycles. The van der Waals surface area contributed by atoms with Gasteiger partial charge in [0.1, 0.15) is 0 Å². The van der Waals surface area contributed by atoms with E-state index < -0.39 is 0 Å². The van der Waals surface area contributed by atoms with Gasteiger partial charge in [-0.1, -0.05) is 6.92 Å². The second-order valence-corrected chi connectivity index (χ2v) is 7.78.